The molecule has 6 heteroatoms. The van der Waals surface area contributed by atoms with E-state index in [9.17, 15) is 0 Å². The van der Waals surface area contributed by atoms with Crippen LogP contribution in [0.5, 0.6) is 11.6 Å². The van der Waals surface area contributed by atoms with Gasteiger partial charge in [0.1, 0.15) is 5.75 Å². The van der Waals surface area contributed by atoms with Gasteiger partial charge in [0, 0.05) is 11.0 Å². The predicted molar refractivity (Wildman–Crippen MR) is 87.6 cm³/mol. The lowest BCUT2D eigenvalue weighted by molar-refractivity contribution is 0.458. The summed E-state index contributed by atoms with van der Waals surface area (Å²) in [5.74, 6) is 1.80. The van der Waals surface area contributed by atoms with Gasteiger partial charge in [0.25, 0.3) is 0 Å². The fourth-order valence-electron chi connectivity index (χ4n) is 1.74. The molecule has 0 aliphatic rings. The standard InChI is InChI=1S/C14H15Br2N3O/c1-4-17-14-18-7-11(15)13(19-14)20-10-5-8(2)12(16)9(3)6-10/h5-7H,4H2,1-3H3,(H,17,18,19). The highest BCUT2D eigenvalue weighted by Gasteiger charge is 2.09. The van der Waals surface area contributed by atoms with E-state index in [0.717, 1.165) is 32.4 Å². The third-order valence-corrected chi connectivity index (χ3v) is 4.47. The fourth-order valence-corrected chi connectivity index (χ4v) is 2.24. The Labute approximate surface area is 135 Å². The van der Waals surface area contributed by atoms with Gasteiger partial charge >= 0.3 is 0 Å². The third-order valence-electron chi connectivity index (χ3n) is 2.67. The number of ether oxygens (including phenoxy) is 1. The van der Waals surface area contributed by atoms with Gasteiger partial charge in [-0.25, -0.2) is 4.98 Å². The van der Waals surface area contributed by atoms with Gasteiger partial charge in [0.05, 0.1) is 10.7 Å². The molecule has 0 saturated carbocycles. The van der Waals surface area contributed by atoms with E-state index in [0.29, 0.717) is 11.8 Å². The van der Waals surface area contributed by atoms with E-state index in [4.69, 9.17) is 4.74 Å². The second-order valence-electron chi connectivity index (χ2n) is 4.35. The van der Waals surface area contributed by atoms with E-state index in [1.807, 2.05) is 32.9 Å². The molecule has 0 unspecified atom stereocenters. The van der Waals surface area contributed by atoms with Crippen molar-refractivity contribution in [1.29, 1.82) is 0 Å². The van der Waals surface area contributed by atoms with Crippen LogP contribution in [0.25, 0.3) is 0 Å². The highest BCUT2D eigenvalue weighted by atomic mass is 79.9. The molecular formula is C14H15Br2N3O. The average molecular weight is 401 g/mol. The maximum atomic E-state index is 5.85. The number of halogens is 2. The second kappa shape index (κ2) is 6.54. The molecule has 106 valence electrons. The van der Waals surface area contributed by atoms with Gasteiger partial charge in [-0.15, -0.1) is 0 Å². The Morgan fingerprint density at radius 1 is 1.20 bits per heavy atom. The molecule has 0 amide bonds. The lowest BCUT2D eigenvalue weighted by Crippen LogP contribution is -2.03. The van der Waals surface area contributed by atoms with Gasteiger partial charge in [-0.2, -0.15) is 4.98 Å². The van der Waals surface area contributed by atoms with Crippen LogP contribution in [0.1, 0.15) is 18.1 Å². The molecule has 0 atom stereocenters. The molecule has 0 fully saturated rings. The molecular weight excluding hydrogens is 386 g/mol. The summed E-state index contributed by atoms with van der Waals surface area (Å²) < 4.78 is 7.67. The Morgan fingerprint density at radius 2 is 1.85 bits per heavy atom. The van der Waals surface area contributed by atoms with Crippen LogP contribution in [0.3, 0.4) is 0 Å². The molecule has 0 saturated heterocycles. The maximum Gasteiger partial charge on any atom is 0.238 e. The van der Waals surface area contributed by atoms with Crippen molar-refractivity contribution in [3.8, 4) is 11.6 Å². The molecule has 0 aliphatic carbocycles. The molecule has 2 rings (SSSR count). The maximum absolute atomic E-state index is 5.85. The van der Waals surface area contributed by atoms with E-state index in [1.165, 1.54) is 0 Å². The molecule has 0 spiro atoms. The smallest absolute Gasteiger partial charge is 0.238 e. The molecule has 0 bridgehead atoms. The fraction of sp³-hybridized carbons (Fsp3) is 0.286. The van der Waals surface area contributed by atoms with Crippen LogP contribution in [-0.2, 0) is 0 Å². The van der Waals surface area contributed by atoms with Crippen molar-refractivity contribution in [3.05, 3.63) is 38.4 Å². The van der Waals surface area contributed by atoms with Gasteiger partial charge in [0.2, 0.25) is 11.8 Å². The Balaban J connectivity index is 2.32. The van der Waals surface area contributed by atoms with Crippen LogP contribution in [0, 0.1) is 13.8 Å². The van der Waals surface area contributed by atoms with E-state index < -0.39 is 0 Å². The number of nitrogens with one attached hydrogen (secondary N) is 1. The number of hydrogen-bond acceptors (Lipinski definition) is 4. The Bertz CT molecular complexity index is 609. The molecule has 1 aromatic carbocycles. The Kier molecular flexibility index (Phi) is 4.99. The Hall–Kier alpha value is -1.14. The molecule has 1 N–H and O–H groups in total. The first-order valence-electron chi connectivity index (χ1n) is 6.22. The minimum absolute atomic E-state index is 0.497. The summed E-state index contributed by atoms with van der Waals surface area (Å²) in [6.07, 6.45) is 1.68. The number of anilines is 1. The number of aryl methyl sites for hydroxylation is 2. The third kappa shape index (κ3) is 3.49. The average Bonchev–Trinajstić information content (AvgIpc) is 2.40. The van der Waals surface area contributed by atoms with E-state index in [2.05, 4.69) is 47.1 Å². The number of hydrogen-bond donors (Lipinski definition) is 1. The van der Waals surface area contributed by atoms with Crippen molar-refractivity contribution in [2.75, 3.05) is 11.9 Å². The molecule has 2 aromatic rings. The highest BCUT2D eigenvalue weighted by molar-refractivity contribution is 9.10. The summed E-state index contributed by atoms with van der Waals surface area (Å²) >= 11 is 6.95. The summed E-state index contributed by atoms with van der Waals surface area (Å²) in [7, 11) is 0. The van der Waals surface area contributed by atoms with Crippen LogP contribution < -0.4 is 10.1 Å². The van der Waals surface area contributed by atoms with Gasteiger partial charge in [0.15, 0.2) is 0 Å². The van der Waals surface area contributed by atoms with Crippen molar-refractivity contribution in [2.45, 2.75) is 20.8 Å². The zero-order valence-electron chi connectivity index (χ0n) is 11.5. The van der Waals surface area contributed by atoms with Crippen LogP contribution in [0.4, 0.5) is 5.95 Å². The number of rotatable bonds is 4. The van der Waals surface area contributed by atoms with Crippen LogP contribution in [0.2, 0.25) is 0 Å². The van der Waals surface area contributed by atoms with Crippen molar-refractivity contribution in [3.63, 3.8) is 0 Å². The molecule has 1 aromatic heterocycles. The van der Waals surface area contributed by atoms with E-state index >= 15 is 0 Å². The molecule has 1 heterocycles. The number of aromatic nitrogens is 2. The normalized spacial score (nSPS) is 10.4. The predicted octanol–water partition coefficient (Wildman–Crippen LogP) is 4.84. The molecule has 20 heavy (non-hydrogen) atoms. The zero-order chi connectivity index (χ0) is 14.7. The van der Waals surface area contributed by atoms with Gasteiger partial charge < -0.3 is 10.1 Å². The first-order valence-corrected chi connectivity index (χ1v) is 7.81. The van der Waals surface area contributed by atoms with Crippen molar-refractivity contribution in [2.24, 2.45) is 0 Å². The summed E-state index contributed by atoms with van der Waals surface area (Å²) in [5, 5.41) is 3.06. The summed E-state index contributed by atoms with van der Waals surface area (Å²) in [6.45, 7) is 6.82. The van der Waals surface area contributed by atoms with Gasteiger partial charge in [-0.3, -0.25) is 0 Å². The second-order valence-corrected chi connectivity index (χ2v) is 6.00. The Morgan fingerprint density at radius 3 is 2.45 bits per heavy atom. The van der Waals surface area contributed by atoms with E-state index in [1.54, 1.807) is 6.20 Å². The van der Waals surface area contributed by atoms with Crippen molar-refractivity contribution in [1.82, 2.24) is 9.97 Å². The van der Waals surface area contributed by atoms with Crippen LogP contribution in [0.15, 0.2) is 27.3 Å². The van der Waals surface area contributed by atoms with Crippen molar-refractivity contribution < 1.29 is 4.74 Å². The van der Waals surface area contributed by atoms with Crippen LogP contribution >= 0.6 is 31.9 Å². The topological polar surface area (TPSA) is 47.0 Å². The number of nitrogens with zero attached hydrogens (tertiary/aromatic N) is 2. The number of benzene rings is 1. The van der Waals surface area contributed by atoms with Gasteiger partial charge in [-0.1, -0.05) is 15.9 Å². The van der Waals surface area contributed by atoms with Crippen molar-refractivity contribution >= 4 is 37.8 Å². The minimum atomic E-state index is 0.497. The summed E-state index contributed by atoms with van der Waals surface area (Å²) in [4.78, 5) is 8.50. The first-order chi connectivity index (χ1) is 9.51. The summed E-state index contributed by atoms with van der Waals surface area (Å²) in [5.41, 5.74) is 2.24. The highest BCUT2D eigenvalue weighted by Crippen LogP contribution is 2.32. The lowest BCUT2D eigenvalue weighted by atomic mass is 10.1. The monoisotopic (exact) mass is 399 g/mol. The quantitative estimate of drug-likeness (QED) is 0.797. The largest absolute Gasteiger partial charge is 0.438 e. The minimum Gasteiger partial charge on any atom is -0.438 e. The first kappa shape index (κ1) is 15.3. The molecule has 0 radical (unpaired) electrons. The zero-order valence-corrected chi connectivity index (χ0v) is 14.7. The summed E-state index contributed by atoms with van der Waals surface area (Å²) in [6, 6.07) is 3.94. The lowest BCUT2D eigenvalue weighted by Gasteiger charge is -2.11. The molecule has 0 aliphatic heterocycles. The van der Waals surface area contributed by atoms with Gasteiger partial charge in [-0.05, 0) is 60.0 Å². The van der Waals surface area contributed by atoms with Crippen LogP contribution in [-0.4, -0.2) is 16.5 Å². The molecule has 4 nitrogen and oxygen atoms in total. The SMILES string of the molecule is CCNc1ncc(Br)c(Oc2cc(C)c(Br)c(C)c2)n1. The van der Waals surface area contributed by atoms with E-state index in [-0.39, 0.29) is 0 Å².